The van der Waals surface area contributed by atoms with Gasteiger partial charge in [-0.15, -0.1) is 0 Å². The third kappa shape index (κ3) is 2.01. The van der Waals surface area contributed by atoms with E-state index in [0.29, 0.717) is 23.5 Å². The average Bonchev–Trinajstić information content (AvgIpc) is 2.93. The molecular formula is C16H12FNO3. The molecule has 1 atom stereocenters. The van der Waals surface area contributed by atoms with Gasteiger partial charge in [-0.2, -0.15) is 0 Å². The lowest BCUT2D eigenvalue weighted by Gasteiger charge is -2.26. The number of hydrogen-bond acceptors (Lipinski definition) is 4. The zero-order valence-corrected chi connectivity index (χ0v) is 11.1. The Balaban J connectivity index is 1.71. The highest BCUT2D eigenvalue weighted by Crippen LogP contribution is 2.41. The Bertz CT molecular complexity index is 727. The molecule has 4 nitrogen and oxygen atoms in total. The predicted molar refractivity (Wildman–Crippen MR) is 74.3 cm³/mol. The van der Waals surface area contributed by atoms with Crippen LogP contribution in [0.4, 0.5) is 10.1 Å². The van der Waals surface area contributed by atoms with E-state index in [1.165, 1.54) is 12.1 Å². The van der Waals surface area contributed by atoms with Gasteiger partial charge >= 0.3 is 0 Å². The van der Waals surface area contributed by atoms with E-state index in [9.17, 15) is 9.18 Å². The zero-order chi connectivity index (χ0) is 14.4. The molecule has 0 bridgehead atoms. The Morgan fingerprint density at radius 1 is 1.10 bits per heavy atom. The number of carbonyl (C=O) groups excluding carboxylic acids is 1. The van der Waals surface area contributed by atoms with Gasteiger partial charge in [0.15, 0.2) is 17.3 Å². The SMILES string of the molecule is O=C1CC(c2ccc(F)cc2)Nc2cc3c(cc21)OCO3. The summed E-state index contributed by atoms with van der Waals surface area (Å²) in [7, 11) is 0. The molecule has 0 radical (unpaired) electrons. The van der Waals surface area contributed by atoms with Crippen molar-refractivity contribution in [1.29, 1.82) is 0 Å². The molecule has 2 aromatic rings. The minimum atomic E-state index is -0.287. The second-order valence-electron chi connectivity index (χ2n) is 5.13. The average molecular weight is 285 g/mol. The molecule has 0 spiro atoms. The lowest BCUT2D eigenvalue weighted by Crippen LogP contribution is -2.22. The van der Waals surface area contributed by atoms with Gasteiger partial charge in [-0.05, 0) is 23.8 Å². The van der Waals surface area contributed by atoms with Crippen molar-refractivity contribution in [2.45, 2.75) is 12.5 Å². The van der Waals surface area contributed by atoms with Crippen molar-refractivity contribution in [1.82, 2.24) is 0 Å². The second-order valence-corrected chi connectivity index (χ2v) is 5.13. The van der Waals surface area contributed by atoms with Crippen molar-refractivity contribution in [3.05, 3.63) is 53.3 Å². The fourth-order valence-corrected chi connectivity index (χ4v) is 2.72. The van der Waals surface area contributed by atoms with Gasteiger partial charge in [0.05, 0.1) is 6.04 Å². The molecule has 0 aromatic heterocycles. The van der Waals surface area contributed by atoms with Crippen molar-refractivity contribution < 1.29 is 18.7 Å². The standard InChI is InChI=1S/C16H12FNO3/c17-10-3-1-9(2-4-10)12-6-14(19)11-5-15-16(21-8-20-15)7-13(11)18-12/h1-5,7,12,18H,6,8H2. The van der Waals surface area contributed by atoms with Gasteiger partial charge in [-0.3, -0.25) is 4.79 Å². The molecule has 106 valence electrons. The highest BCUT2D eigenvalue weighted by Gasteiger charge is 2.28. The topological polar surface area (TPSA) is 47.6 Å². The molecule has 0 fully saturated rings. The summed E-state index contributed by atoms with van der Waals surface area (Å²) in [6.07, 6.45) is 0.332. The molecule has 0 amide bonds. The van der Waals surface area contributed by atoms with Crippen LogP contribution in [0.25, 0.3) is 0 Å². The Morgan fingerprint density at radius 2 is 1.81 bits per heavy atom. The van der Waals surface area contributed by atoms with Crippen LogP contribution in [0.15, 0.2) is 36.4 Å². The summed E-state index contributed by atoms with van der Waals surface area (Å²) in [4.78, 5) is 12.3. The van der Waals surface area contributed by atoms with Crippen LogP contribution >= 0.6 is 0 Å². The van der Waals surface area contributed by atoms with Gasteiger partial charge in [0.2, 0.25) is 6.79 Å². The van der Waals surface area contributed by atoms with Crippen LogP contribution in [0.2, 0.25) is 0 Å². The second kappa shape index (κ2) is 4.48. The summed E-state index contributed by atoms with van der Waals surface area (Å²) >= 11 is 0. The summed E-state index contributed by atoms with van der Waals surface area (Å²) < 4.78 is 23.6. The lowest BCUT2D eigenvalue weighted by atomic mass is 9.92. The maximum atomic E-state index is 13.0. The summed E-state index contributed by atoms with van der Waals surface area (Å²) in [5.41, 5.74) is 2.22. The first-order chi connectivity index (χ1) is 10.2. The minimum Gasteiger partial charge on any atom is -0.454 e. The number of Topliss-reactive ketones (excluding diaryl/α,β-unsaturated/α-hetero) is 1. The molecule has 2 heterocycles. The third-order valence-corrected chi connectivity index (χ3v) is 3.80. The zero-order valence-electron chi connectivity index (χ0n) is 11.1. The van der Waals surface area contributed by atoms with E-state index in [4.69, 9.17) is 9.47 Å². The number of carbonyl (C=O) groups is 1. The lowest BCUT2D eigenvalue weighted by molar-refractivity contribution is 0.0972. The van der Waals surface area contributed by atoms with E-state index < -0.39 is 0 Å². The van der Waals surface area contributed by atoms with Gasteiger partial charge in [0.25, 0.3) is 0 Å². The third-order valence-electron chi connectivity index (χ3n) is 3.80. The Morgan fingerprint density at radius 3 is 2.57 bits per heavy atom. The van der Waals surface area contributed by atoms with Gasteiger partial charge < -0.3 is 14.8 Å². The fourth-order valence-electron chi connectivity index (χ4n) is 2.72. The minimum absolute atomic E-state index is 0.0383. The number of fused-ring (bicyclic) bond motifs is 2. The summed E-state index contributed by atoms with van der Waals surface area (Å²) in [6, 6.07) is 9.52. The number of anilines is 1. The maximum absolute atomic E-state index is 13.0. The summed E-state index contributed by atoms with van der Waals surface area (Å²) in [5, 5.41) is 3.31. The Hall–Kier alpha value is -2.56. The summed E-state index contributed by atoms with van der Waals surface area (Å²) in [5.74, 6) is 0.985. The van der Waals surface area contributed by atoms with E-state index in [1.54, 1.807) is 24.3 Å². The quantitative estimate of drug-likeness (QED) is 0.873. The number of halogens is 1. The van der Waals surface area contributed by atoms with Crippen LogP contribution in [0, 0.1) is 5.82 Å². The van der Waals surface area contributed by atoms with Crippen molar-refractivity contribution in [3.63, 3.8) is 0 Å². The molecule has 4 rings (SSSR count). The number of benzene rings is 2. The van der Waals surface area contributed by atoms with E-state index >= 15 is 0 Å². The van der Waals surface area contributed by atoms with Gasteiger partial charge in [0.1, 0.15) is 5.82 Å². The van der Waals surface area contributed by atoms with Crippen LogP contribution in [-0.4, -0.2) is 12.6 Å². The molecular weight excluding hydrogens is 273 g/mol. The maximum Gasteiger partial charge on any atom is 0.231 e. The smallest absolute Gasteiger partial charge is 0.231 e. The Kier molecular flexibility index (Phi) is 2.60. The van der Waals surface area contributed by atoms with Crippen molar-refractivity contribution >= 4 is 11.5 Å². The molecule has 0 saturated heterocycles. The number of nitrogens with one attached hydrogen (secondary N) is 1. The van der Waals surface area contributed by atoms with Crippen LogP contribution in [-0.2, 0) is 0 Å². The summed E-state index contributed by atoms with van der Waals surface area (Å²) in [6.45, 7) is 0.174. The first-order valence-electron chi connectivity index (χ1n) is 6.69. The first-order valence-corrected chi connectivity index (χ1v) is 6.69. The van der Waals surface area contributed by atoms with Crippen LogP contribution in [0.5, 0.6) is 11.5 Å². The monoisotopic (exact) mass is 285 g/mol. The van der Waals surface area contributed by atoms with E-state index in [2.05, 4.69) is 5.32 Å². The van der Waals surface area contributed by atoms with Crippen LogP contribution in [0.3, 0.4) is 0 Å². The molecule has 2 aliphatic heterocycles. The first kappa shape index (κ1) is 12.2. The Labute approximate surface area is 120 Å². The highest BCUT2D eigenvalue weighted by atomic mass is 19.1. The van der Waals surface area contributed by atoms with Crippen LogP contribution < -0.4 is 14.8 Å². The number of ether oxygens (including phenoxy) is 2. The number of rotatable bonds is 1. The van der Waals surface area contributed by atoms with Gasteiger partial charge in [-0.25, -0.2) is 4.39 Å². The fraction of sp³-hybridized carbons (Fsp3) is 0.188. The molecule has 5 heteroatoms. The molecule has 1 N–H and O–H groups in total. The van der Waals surface area contributed by atoms with Crippen molar-refractivity contribution in [2.75, 3.05) is 12.1 Å². The van der Waals surface area contributed by atoms with Gasteiger partial charge in [-0.1, -0.05) is 12.1 Å². The van der Waals surface area contributed by atoms with E-state index in [0.717, 1.165) is 11.3 Å². The molecule has 2 aliphatic rings. The molecule has 2 aromatic carbocycles. The van der Waals surface area contributed by atoms with E-state index in [1.807, 2.05) is 0 Å². The molecule has 0 aliphatic carbocycles. The number of hydrogen-bond donors (Lipinski definition) is 1. The van der Waals surface area contributed by atoms with Crippen molar-refractivity contribution in [2.24, 2.45) is 0 Å². The van der Waals surface area contributed by atoms with E-state index in [-0.39, 0.29) is 24.4 Å². The largest absolute Gasteiger partial charge is 0.454 e. The molecule has 1 unspecified atom stereocenters. The normalized spacial score (nSPS) is 19.1. The van der Waals surface area contributed by atoms with Gasteiger partial charge in [0, 0.05) is 23.7 Å². The number of ketones is 1. The molecule has 21 heavy (non-hydrogen) atoms. The predicted octanol–water partition coefficient (Wildman–Crippen LogP) is 3.29. The molecule has 0 saturated carbocycles. The van der Waals surface area contributed by atoms with Crippen LogP contribution in [0.1, 0.15) is 28.4 Å². The highest BCUT2D eigenvalue weighted by molar-refractivity contribution is 6.04. The van der Waals surface area contributed by atoms with Crippen molar-refractivity contribution in [3.8, 4) is 11.5 Å².